The van der Waals surface area contributed by atoms with Crippen LogP contribution in [0, 0.1) is 11.6 Å². The van der Waals surface area contributed by atoms with Gasteiger partial charge in [0.15, 0.2) is 11.5 Å². The fourth-order valence-electron chi connectivity index (χ4n) is 3.94. The summed E-state index contributed by atoms with van der Waals surface area (Å²) < 4.78 is 40.7. The van der Waals surface area contributed by atoms with E-state index in [1.807, 2.05) is 12.1 Å². The highest BCUT2D eigenvalue weighted by Crippen LogP contribution is 2.39. The zero-order chi connectivity index (χ0) is 20.9. The van der Waals surface area contributed by atoms with Crippen molar-refractivity contribution in [3.63, 3.8) is 0 Å². The van der Waals surface area contributed by atoms with Gasteiger partial charge in [-0.05, 0) is 48.5 Å². The van der Waals surface area contributed by atoms with Crippen molar-refractivity contribution < 1.29 is 18.3 Å². The number of pyridine rings is 1. The standard InChI is InChI=1S/C24H15F2N3O2/c25-15-6-4-14(5-7-15)23-19-13-27-20-12-22-21(30-8-9-31-22)11-18(20)24(19)29(28-23)17-3-1-2-16(26)10-17/h1-7,10-13H,8-9H2. The molecule has 0 aliphatic carbocycles. The molecule has 7 heteroatoms. The highest BCUT2D eigenvalue weighted by Gasteiger charge is 2.20. The third kappa shape index (κ3) is 2.89. The quantitative estimate of drug-likeness (QED) is 0.393. The number of hydrogen-bond acceptors (Lipinski definition) is 4. The van der Waals surface area contributed by atoms with Crippen molar-refractivity contribution in [1.29, 1.82) is 0 Å². The molecule has 0 bridgehead atoms. The van der Waals surface area contributed by atoms with Crippen molar-refractivity contribution in [1.82, 2.24) is 14.8 Å². The van der Waals surface area contributed by atoms with Crippen molar-refractivity contribution in [2.45, 2.75) is 0 Å². The van der Waals surface area contributed by atoms with Crippen LogP contribution in [0.25, 0.3) is 38.8 Å². The summed E-state index contributed by atoms with van der Waals surface area (Å²) in [5.41, 5.74) is 3.40. The molecule has 2 aromatic heterocycles. The molecule has 3 heterocycles. The minimum absolute atomic E-state index is 0.329. The normalized spacial score (nSPS) is 13.1. The summed E-state index contributed by atoms with van der Waals surface area (Å²) in [6, 6.07) is 16.1. The van der Waals surface area contributed by atoms with E-state index in [1.165, 1.54) is 24.3 Å². The minimum Gasteiger partial charge on any atom is -0.486 e. The monoisotopic (exact) mass is 415 g/mol. The lowest BCUT2D eigenvalue weighted by atomic mass is 10.1. The van der Waals surface area contributed by atoms with Gasteiger partial charge in [-0.2, -0.15) is 5.10 Å². The predicted octanol–water partition coefficient (Wildman–Crippen LogP) is 5.29. The molecule has 0 unspecified atom stereocenters. The molecule has 3 aromatic carbocycles. The number of hydrogen-bond donors (Lipinski definition) is 0. The Kier molecular flexibility index (Phi) is 3.89. The Bertz CT molecular complexity index is 1460. The second-order valence-electron chi connectivity index (χ2n) is 7.28. The minimum atomic E-state index is -0.364. The van der Waals surface area contributed by atoms with E-state index in [4.69, 9.17) is 14.6 Å². The van der Waals surface area contributed by atoms with Gasteiger partial charge in [0.2, 0.25) is 0 Å². The molecule has 5 aromatic rings. The maximum Gasteiger partial charge on any atom is 0.163 e. The van der Waals surface area contributed by atoms with Crippen LogP contribution < -0.4 is 9.47 Å². The molecule has 0 radical (unpaired) electrons. The first-order valence-corrected chi connectivity index (χ1v) is 9.80. The molecule has 0 atom stereocenters. The molecular formula is C24H15F2N3O2. The summed E-state index contributed by atoms with van der Waals surface area (Å²) in [5, 5.41) is 6.34. The van der Waals surface area contributed by atoms with E-state index in [-0.39, 0.29) is 11.6 Å². The average molecular weight is 415 g/mol. The van der Waals surface area contributed by atoms with Gasteiger partial charge < -0.3 is 9.47 Å². The Hall–Kier alpha value is -4.00. The molecule has 0 N–H and O–H groups in total. The molecule has 0 spiro atoms. The Morgan fingerprint density at radius 1 is 0.806 bits per heavy atom. The first-order valence-electron chi connectivity index (χ1n) is 9.80. The number of rotatable bonds is 2. The SMILES string of the molecule is Fc1ccc(-c2nn(-c3cccc(F)c3)c3c2cnc2cc4c(cc23)OCCO4)cc1. The van der Waals surface area contributed by atoms with Crippen molar-refractivity contribution in [2.75, 3.05) is 13.2 Å². The fourth-order valence-corrected chi connectivity index (χ4v) is 3.94. The summed E-state index contributed by atoms with van der Waals surface area (Å²) in [6.07, 6.45) is 1.73. The van der Waals surface area contributed by atoms with Crippen molar-refractivity contribution in [2.24, 2.45) is 0 Å². The van der Waals surface area contributed by atoms with Gasteiger partial charge in [0.25, 0.3) is 0 Å². The Labute approximate surface area is 175 Å². The predicted molar refractivity (Wildman–Crippen MR) is 113 cm³/mol. The van der Waals surface area contributed by atoms with Crippen LogP contribution in [-0.2, 0) is 0 Å². The van der Waals surface area contributed by atoms with Gasteiger partial charge in [-0.1, -0.05) is 6.07 Å². The average Bonchev–Trinajstić information content (AvgIpc) is 3.18. The molecule has 0 saturated carbocycles. The van der Waals surface area contributed by atoms with Crippen molar-refractivity contribution in [3.05, 3.63) is 78.5 Å². The van der Waals surface area contributed by atoms with E-state index in [9.17, 15) is 8.78 Å². The number of ether oxygens (including phenoxy) is 2. The Morgan fingerprint density at radius 2 is 1.58 bits per heavy atom. The number of nitrogens with zero attached hydrogens (tertiary/aromatic N) is 3. The van der Waals surface area contributed by atoms with Crippen LogP contribution in [0.4, 0.5) is 8.78 Å². The lowest BCUT2D eigenvalue weighted by molar-refractivity contribution is 0.172. The molecule has 1 aliphatic heterocycles. The Balaban J connectivity index is 1.71. The van der Waals surface area contributed by atoms with E-state index in [0.29, 0.717) is 41.6 Å². The van der Waals surface area contributed by atoms with Crippen LogP contribution in [0.1, 0.15) is 0 Å². The maximum atomic E-state index is 14.0. The lowest BCUT2D eigenvalue weighted by Gasteiger charge is -2.19. The highest BCUT2D eigenvalue weighted by molar-refractivity contribution is 6.09. The highest BCUT2D eigenvalue weighted by atomic mass is 19.1. The molecule has 0 amide bonds. The van der Waals surface area contributed by atoms with Gasteiger partial charge in [-0.3, -0.25) is 4.98 Å². The van der Waals surface area contributed by atoms with Gasteiger partial charge in [0.1, 0.15) is 30.5 Å². The van der Waals surface area contributed by atoms with E-state index >= 15 is 0 Å². The zero-order valence-corrected chi connectivity index (χ0v) is 16.2. The lowest BCUT2D eigenvalue weighted by Crippen LogP contribution is -2.15. The summed E-state index contributed by atoms with van der Waals surface area (Å²) in [7, 11) is 0. The van der Waals surface area contributed by atoms with Crippen molar-refractivity contribution in [3.8, 4) is 28.4 Å². The molecular weight excluding hydrogens is 400 g/mol. The number of halogens is 2. The topological polar surface area (TPSA) is 49.2 Å². The molecule has 1 aliphatic rings. The molecule has 152 valence electrons. The van der Waals surface area contributed by atoms with Gasteiger partial charge in [0.05, 0.1) is 16.7 Å². The summed E-state index contributed by atoms with van der Waals surface area (Å²) in [5.74, 6) is 0.575. The molecule has 6 rings (SSSR count). The number of aromatic nitrogens is 3. The third-order valence-electron chi connectivity index (χ3n) is 5.34. The van der Waals surface area contributed by atoms with Crippen LogP contribution in [0.15, 0.2) is 66.9 Å². The first-order chi connectivity index (χ1) is 15.2. The number of benzene rings is 3. The van der Waals surface area contributed by atoms with E-state index in [2.05, 4.69) is 4.98 Å². The largest absolute Gasteiger partial charge is 0.486 e. The van der Waals surface area contributed by atoms with Gasteiger partial charge in [0, 0.05) is 28.6 Å². The van der Waals surface area contributed by atoms with Gasteiger partial charge in [-0.25, -0.2) is 13.5 Å². The van der Waals surface area contributed by atoms with E-state index < -0.39 is 0 Å². The van der Waals surface area contributed by atoms with Crippen LogP contribution in [0.5, 0.6) is 11.5 Å². The zero-order valence-electron chi connectivity index (χ0n) is 16.2. The third-order valence-corrected chi connectivity index (χ3v) is 5.34. The Morgan fingerprint density at radius 3 is 2.35 bits per heavy atom. The fraction of sp³-hybridized carbons (Fsp3) is 0.0833. The summed E-state index contributed by atoms with van der Waals surface area (Å²) in [4.78, 5) is 4.61. The summed E-state index contributed by atoms with van der Waals surface area (Å²) >= 11 is 0. The molecule has 5 nitrogen and oxygen atoms in total. The van der Waals surface area contributed by atoms with Crippen LogP contribution >= 0.6 is 0 Å². The van der Waals surface area contributed by atoms with Gasteiger partial charge in [-0.15, -0.1) is 0 Å². The maximum absolute atomic E-state index is 14.0. The molecule has 0 fully saturated rings. The first kappa shape index (κ1) is 17.8. The van der Waals surface area contributed by atoms with Crippen LogP contribution in [-0.4, -0.2) is 28.0 Å². The second kappa shape index (κ2) is 6.77. The van der Waals surface area contributed by atoms with Gasteiger partial charge >= 0.3 is 0 Å². The molecule has 31 heavy (non-hydrogen) atoms. The second-order valence-corrected chi connectivity index (χ2v) is 7.28. The smallest absolute Gasteiger partial charge is 0.163 e. The summed E-state index contributed by atoms with van der Waals surface area (Å²) in [6.45, 7) is 0.947. The van der Waals surface area contributed by atoms with Crippen LogP contribution in [0.3, 0.4) is 0 Å². The van der Waals surface area contributed by atoms with E-state index in [0.717, 1.165) is 21.9 Å². The molecule has 0 saturated heterocycles. The number of fused-ring (bicyclic) bond motifs is 4. The van der Waals surface area contributed by atoms with E-state index in [1.54, 1.807) is 35.1 Å². The van der Waals surface area contributed by atoms with Crippen LogP contribution in [0.2, 0.25) is 0 Å². The van der Waals surface area contributed by atoms with Crippen molar-refractivity contribution >= 4 is 21.8 Å².